The van der Waals surface area contributed by atoms with Crippen molar-refractivity contribution < 1.29 is 4.74 Å². The Kier molecular flexibility index (Phi) is 5.07. The van der Waals surface area contributed by atoms with Gasteiger partial charge in [-0.2, -0.15) is 0 Å². The molecule has 0 fully saturated rings. The Morgan fingerprint density at radius 3 is 2.80 bits per heavy atom. The molecule has 4 heteroatoms. The van der Waals surface area contributed by atoms with Gasteiger partial charge in [0, 0.05) is 32.4 Å². The van der Waals surface area contributed by atoms with Crippen LogP contribution in [0.25, 0.3) is 0 Å². The number of aryl methyl sites for hydroxylation is 1. The first-order valence-corrected chi connectivity index (χ1v) is 5.15. The SMILES string of the molecule is COCCN(CCN)c1cccc(C)n1. The van der Waals surface area contributed by atoms with Gasteiger partial charge in [-0.1, -0.05) is 6.07 Å². The molecule has 2 N–H and O–H groups in total. The van der Waals surface area contributed by atoms with E-state index in [2.05, 4.69) is 9.88 Å². The van der Waals surface area contributed by atoms with Crippen LogP contribution in [0, 0.1) is 6.92 Å². The van der Waals surface area contributed by atoms with Crippen LogP contribution in [-0.2, 0) is 4.74 Å². The number of rotatable bonds is 6. The van der Waals surface area contributed by atoms with Crippen molar-refractivity contribution in [2.75, 3.05) is 38.3 Å². The molecule has 15 heavy (non-hydrogen) atoms. The number of hydrogen-bond donors (Lipinski definition) is 1. The van der Waals surface area contributed by atoms with Crippen LogP contribution < -0.4 is 10.6 Å². The van der Waals surface area contributed by atoms with Crippen LogP contribution in [0.1, 0.15) is 5.69 Å². The molecule has 1 aromatic heterocycles. The Morgan fingerprint density at radius 1 is 1.40 bits per heavy atom. The molecule has 0 aliphatic heterocycles. The normalized spacial score (nSPS) is 10.3. The Labute approximate surface area is 91.1 Å². The summed E-state index contributed by atoms with van der Waals surface area (Å²) in [5, 5.41) is 0. The molecule has 1 aromatic rings. The van der Waals surface area contributed by atoms with Gasteiger partial charge in [0.05, 0.1) is 6.61 Å². The number of ether oxygens (including phenoxy) is 1. The minimum atomic E-state index is 0.624. The first kappa shape index (κ1) is 11.9. The molecule has 0 aromatic carbocycles. The number of aromatic nitrogens is 1. The molecular weight excluding hydrogens is 190 g/mol. The summed E-state index contributed by atoms with van der Waals surface area (Å²) < 4.78 is 5.06. The highest BCUT2D eigenvalue weighted by molar-refractivity contribution is 5.39. The maximum Gasteiger partial charge on any atom is 0.128 e. The van der Waals surface area contributed by atoms with E-state index < -0.39 is 0 Å². The predicted octanol–water partition coefficient (Wildman–Crippen LogP) is 0.802. The van der Waals surface area contributed by atoms with Crippen LogP contribution in [0.15, 0.2) is 18.2 Å². The molecule has 0 aliphatic carbocycles. The third kappa shape index (κ3) is 3.85. The second-order valence-corrected chi connectivity index (χ2v) is 3.41. The van der Waals surface area contributed by atoms with Gasteiger partial charge >= 0.3 is 0 Å². The molecule has 0 unspecified atom stereocenters. The zero-order valence-electron chi connectivity index (χ0n) is 9.44. The van der Waals surface area contributed by atoms with Gasteiger partial charge in [0.1, 0.15) is 5.82 Å². The Hall–Kier alpha value is -1.13. The topological polar surface area (TPSA) is 51.4 Å². The maximum absolute atomic E-state index is 5.57. The number of nitrogens with two attached hydrogens (primary N) is 1. The third-order valence-corrected chi connectivity index (χ3v) is 2.16. The standard InChI is InChI=1S/C11H19N3O/c1-10-4-3-5-11(13-10)14(7-6-12)8-9-15-2/h3-5H,6-9,12H2,1-2H3. The summed E-state index contributed by atoms with van der Waals surface area (Å²) in [6.45, 7) is 4.93. The molecule has 0 radical (unpaired) electrons. The fraction of sp³-hybridized carbons (Fsp3) is 0.545. The Balaban J connectivity index is 2.69. The van der Waals surface area contributed by atoms with E-state index in [0.717, 1.165) is 24.6 Å². The van der Waals surface area contributed by atoms with Gasteiger partial charge < -0.3 is 15.4 Å². The quantitative estimate of drug-likeness (QED) is 0.753. The van der Waals surface area contributed by atoms with Crippen LogP contribution in [0.3, 0.4) is 0 Å². The second-order valence-electron chi connectivity index (χ2n) is 3.41. The fourth-order valence-corrected chi connectivity index (χ4v) is 1.40. The number of nitrogens with zero attached hydrogens (tertiary/aromatic N) is 2. The molecule has 0 saturated heterocycles. The highest BCUT2D eigenvalue weighted by Gasteiger charge is 2.06. The van der Waals surface area contributed by atoms with Crippen LogP contribution in [0.2, 0.25) is 0 Å². The summed E-state index contributed by atoms with van der Waals surface area (Å²) in [7, 11) is 1.70. The first-order valence-electron chi connectivity index (χ1n) is 5.15. The molecule has 0 spiro atoms. The van der Waals surface area contributed by atoms with Gasteiger partial charge in [0.25, 0.3) is 0 Å². The highest BCUT2D eigenvalue weighted by Crippen LogP contribution is 2.10. The third-order valence-electron chi connectivity index (χ3n) is 2.16. The summed E-state index contributed by atoms with van der Waals surface area (Å²) >= 11 is 0. The molecule has 0 saturated carbocycles. The lowest BCUT2D eigenvalue weighted by Crippen LogP contribution is -2.33. The van der Waals surface area contributed by atoms with Crippen molar-refractivity contribution in [2.24, 2.45) is 5.73 Å². The van der Waals surface area contributed by atoms with E-state index in [1.54, 1.807) is 7.11 Å². The highest BCUT2D eigenvalue weighted by atomic mass is 16.5. The lowest BCUT2D eigenvalue weighted by atomic mass is 10.3. The van der Waals surface area contributed by atoms with E-state index in [-0.39, 0.29) is 0 Å². The lowest BCUT2D eigenvalue weighted by Gasteiger charge is -2.22. The molecular formula is C11H19N3O. The average Bonchev–Trinajstić information content (AvgIpc) is 2.24. The molecule has 0 bridgehead atoms. The van der Waals surface area contributed by atoms with Gasteiger partial charge in [-0.05, 0) is 19.1 Å². The molecule has 84 valence electrons. The number of anilines is 1. The molecule has 0 aliphatic rings. The summed E-state index contributed by atoms with van der Waals surface area (Å²) in [6.07, 6.45) is 0. The molecule has 4 nitrogen and oxygen atoms in total. The van der Waals surface area contributed by atoms with Crippen molar-refractivity contribution in [3.8, 4) is 0 Å². The van der Waals surface area contributed by atoms with Crippen molar-refractivity contribution in [1.29, 1.82) is 0 Å². The van der Waals surface area contributed by atoms with Crippen LogP contribution >= 0.6 is 0 Å². The van der Waals surface area contributed by atoms with E-state index >= 15 is 0 Å². The summed E-state index contributed by atoms with van der Waals surface area (Å²) in [5.41, 5.74) is 6.59. The van der Waals surface area contributed by atoms with Gasteiger partial charge in [-0.25, -0.2) is 4.98 Å². The molecule has 1 rings (SSSR count). The lowest BCUT2D eigenvalue weighted by molar-refractivity contribution is 0.205. The van der Waals surface area contributed by atoms with Crippen molar-refractivity contribution in [2.45, 2.75) is 6.92 Å². The second kappa shape index (κ2) is 6.37. The number of pyridine rings is 1. The van der Waals surface area contributed by atoms with Crippen LogP contribution in [0.4, 0.5) is 5.82 Å². The van der Waals surface area contributed by atoms with Crippen molar-refractivity contribution in [1.82, 2.24) is 4.98 Å². The zero-order chi connectivity index (χ0) is 11.1. The van der Waals surface area contributed by atoms with Gasteiger partial charge in [0.15, 0.2) is 0 Å². The summed E-state index contributed by atoms with van der Waals surface area (Å²) in [4.78, 5) is 6.60. The van der Waals surface area contributed by atoms with Crippen LogP contribution in [-0.4, -0.2) is 38.3 Å². The van der Waals surface area contributed by atoms with E-state index in [4.69, 9.17) is 10.5 Å². The van der Waals surface area contributed by atoms with E-state index in [1.807, 2.05) is 25.1 Å². The zero-order valence-corrected chi connectivity index (χ0v) is 9.44. The summed E-state index contributed by atoms with van der Waals surface area (Å²) in [5.74, 6) is 0.970. The van der Waals surface area contributed by atoms with Crippen molar-refractivity contribution >= 4 is 5.82 Å². The number of methoxy groups -OCH3 is 1. The molecule has 0 atom stereocenters. The molecule has 0 amide bonds. The Morgan fingerprint density at radius 2 is 2.20 bits per heavy atom. The monoisotopic (exact) mass is 209 g/mol. The fourth-order valence-electron chi connectivity index (χ4n) is 1.40. The van der Waals surface area contributed by atoms with Crippen molar-refractivity contribution in [3.63, 3.8) is 0 Å². The van der Waals surface area contributed by atoms with Crippen LogP contribution in [0.5, 0.6) is 0 Å². The minimum absolute atomic E-state index is 0.624. The van der Waals surface area contributed by atoms with Crippen molar-refractivity contribution in [3.05, 3.63) is 23.9 Å². The van der Waals surface area contributed by atoms with Gasteiger partial charge in [-0.3, -0.25) is 0 Å². The number of hydrogen-bond acceptors (Lipinski definition) is 4. The first-order chi connectivity index (χ1) is 7.27. The van der Waals surface area contributed by atoms with Gasteiger partial charge in [-0.15, -0.1) is 0 Å². The largest absolute Gasteiger partial charge is 0.383 e. The Bertz CT molecular complexity index is 291. The average molecular weight is 209 g/mol. The maximum atomic E-state index is 5.57. The van der Waals surface area contributed by atoms with E-state index in [1.165, 1.54) is 0 Å². The van der Waals surface area contributed by atoms with E-state index in [9.17, 15) is 0 Å². The van der Waals surface area contributed by atoms with E-state index in [0.29, 0.717) is 13.2 Å². The molecule has 1 heterocycles. The summed E-state index contributed by atoms with van der Waals surface area (Å²) in [6, 6.07) is 5.99. The van der Waals surface area contributed by atoms with Gasteiger partial charge in [0.2, 0.25) is 0 Å². The predicted molar refractivity (Wildman–Crippen MR) is 62.1 cm³/mol. The smallest absolute Gasteiger partial charge is 0.128 e. The minimum Gasteiger partial charge on any atom is -0.383 e.